The number of methoxy groups -OCH3 is 1. The van der Waals surface area contributed by atoms with Gasteiger partial charge in [0.2, 0.25) is 0 Å². The summed E-state index contributed by atoms with van der Waals surface area (Å²) in [6, 6.07) is 7.71. The number of thiol groups is 1. The van der Waals surface area contributed by atoms with Crippen molar-refractivity contribution in [3.8, 4) is 17.0 Å². The van der Waals surface area contributed by atoms with Crippen LogP contribution in [0.15, 0.2) is 29.1 Å². The predicted octanol–water partition coefficient (Wildman–Crippen LogP) is 3.07. The fourth-order valence-corrected chi connectivity index (χ4v) is 2.48. The van der Waals surface area contributed by atoms with Gasteiger partial charge >= 0.3 is 0 Å². The first-order valence-corrected chi connectivity index (χ1v) is 7.60. The zero-order valence-corrected chi connectivity index (χ0v) is 13.5. The van der Waals surface area contributed by atoms with Crippen LogP contribution in [0.2, 0.25) is 0 Å². The summed E-state index contributed by atoms with van der Waals surface area (Å²) in [6.07, 6.45) is 0.865. The van der Waals surface area contributed by atoms with E-state index in [4.69, 9.17) is 4.74 Å². The molecule has 0 amide bonds. The van der Waals surface area contributed by atoms with Crippen LogP contribution in [0.3, 0.4) is 0 Å². The van der Waals surface area contributed by atoms with Gasteiger partial charge in [-0.05, 0) is 43.2 Å². The van der Waals surface area contributed by atoms with E-state index in [1.807, 2.05) is 38.1 Å². The molecule has 0 saturated heterocycles. The van der Waals surface area contributed by atoms with Crippen molar-refractivity contribution in [2.24, 2.45) is 0 Å². The van der Waals surface area contributed by atoms with Gasteiger partial charge in [-0.15, -0.1) is 0 Å². The fraction of sp³-hybridized carbons (Fsp3) is 0.375. The molecular weight excluding hydrogens is 284 g/mol. The SMILES string of the molecule is CCCn1nc(-c2ccc(OC)c(C)c2)cc(CS)c1=O. The molecule has 0 aliphatic rings. The molecule has 2 aromatic rings. The molecule has 0 aliphatic carbocycles. The maximum Gasteiger partial charge on any atom is 0.270 e. The van der Waals surface area contributed by atoms with Gasteiger partial charge in [-0.1, -0.05) is 6.92 Å². The second-order valence-electron chi connectivity index (χ2n) is 4.93. The van der Waals surface area contributed by atoms with Crippen LogP contribution in [0, 0.1) is 6.92 Å². The second-order valence-corrected chi connectivity index (χ2v) is 5.24. The summed E-state index contributed by atoms with van der Waals surface area (Å²) < 4.78 is 6.80. The number of aromatic nitrogens is 2. The number of nitrogens with zero attached hydrogens (tertiary/aromatic N) is 2. The van der Waals surface area contributed by atoms with Gasteiger partial charge in [0.05, 0.1) is 12.8 Å². The van der Waals surface area contributed by atoms with E-state index in [0.29, 0.717) is 17.9 Å². The zero-order chi connectivity index (χ0) is 15.4. The number of ether oxygens (including phenoxy) is 1. The van der Waals surface area contributed by atoms with Gasteiger partial charge < -0.3 is 4.74 Å². The van der Waals surface area contributed by atoms with Gasteiger partial charge in [0.1, 0.15) is 5.75 Å². The van der Waals surface area contributed by atoms with E-state index in [-0.39, 0.29) is 5.56 Å². The summed E-state index contributed by atoms with van der Waals surface area (Å²) in [6.45, 7) is 4.63. The highest BCUT2D eigenvalue weighted by atomic mass is 32.1. The van der Waals surface area contributed by atoms with Gasteiger partial charge in [0.25, 0.3) is 5.56 Å². The Morgan fingerprint density at radius 3 is 2.67 bits per heavy atom. The van der Waals surface area contributed by atoms with E-state index in [9.17, 15) is 4.79 Å². The fourth-order valence-electron chi connectivity index (χ4n) is 2.25. The number of rotatable bonds is 5. The Balaban J connectivity index is 2.55. The maximum atomic E-state index is 12.2. The van der Waals surface area contributed by atoms with Crippen molar-refractivity contribution < 1.29 is 4.74 Å². The third-order valence-corrected chi connectivity index (χ3v) is 3.69. The molecular formula is C16H20N2O2S. The van der Waals surface area contributed by atoms with E-state index in [2.05, 4.69) is 17.7 Å². The Morgan fingerprint density at radius 2 is 2.10 bits per heavy atom. The topological polar surface area (TPSA) is 44.1 Å². The molecule has 0 bridgehead atoms. The van der Waals surface area contributed by atoms with E-state index in [1.54, 1.807) is 7.11 Å². The molecule has 0 N–H and O–H groups in total. The lowest BCUT2D eigenvalue weighted by molar-refractivity contribution is 0.412. The van der Waals surface area contributed by atoms with E-state index in [1.165, 1.54) is 4.68 Å². The molecule has 0 atom stereocenters. The minimum absolute atomic E-state index is 0.0548. The molecule has 0 fully saturated rings. The van der Waals surface area contributed by atoms with Crippen molar-refractivity contribution in [3.05, 3.63) is 45.7 Å². The van der Waals surface area contributed by atoms with Crippen molar-refractivity contribution in [1.82, 2.24) is 9.78 Å². The van der Waals surface area contributed by atoms with Crippen LogP contribution >= 0.6 is 12.6 Å². The van der Waals surface area contributed by atoms with Gasteiger partial charge in [-0.25, -0.2) is 4.68 Å². The Morgan fingerprint density at radius 1 is 1.33 bits per heavy atom. The Hall–Kier alpha value is -1.75. The normalized spacial score (nSPS) is 10.7. The first kappa shape index (κ1) is 15.6. The number of benzene rings is 1. The third-order valence-electron chi connectivity index (χ3n) is 3.34. The maximum absolute atomic E-state index is 12.2. The third kappa shape index (κ3) is 3.29. The average Bonchev–Trinajstić information content (AvgIpc) is 2.49. The molecule has 1 heterocycles. The van der Waals surface area contributed by atoms with Crippen LogP contribution in [0.4, 0.5) is 0 Å². The van der Waals surface area contributed by atoms with Crippen LogP contribution in [0.1, 0.15) is 24.5 Å². The van der Waals surface area contributed by atoms with Gasteiger partial charge in [-0.2, -0.15) is 17.7 Å². The Labute approximate surface area is 130 Å². The van der Waals surface area contributed by atoms with Crippen molar-refractivity contribution in [2.45, 2.75) is 32.6 Å². The lowest BCUT2D eigenvalue weighted by Crippen LogP contribution is -2.26. The second kappa shape index (κ2) is 6.80. The van der Waals surface area contributed by atoms with Crippen LogP contribution in [-0.4, -0.2) is 16.9 Å². The van der Waals surface area contributed by atoms with Gasteiger partial charge in [0, 0.05) is 23.4 Å². The van der Waals surface area contributed by atoms with Crippen LogP contribution < -0.4 is 10.3 Å². The monoisotopic (exact) mass is 304 g/mol. The standard InChI is InChI=1S/C16H20N2O2S/c1-4-7-18-16(19)13(10-21)9-14(17-18)12-5-6-15(20-3)11(2)8-12/h5-6,8-9,21H,4,7,10H2,1-3H3. The number of hydrogen-bond acceptors (Lipinski definition) is 4. The zero-order valence-electron chi connectivity index (χ0n) is 12.6. The van der Waals surface area contributed by atoms with E-state index < -0.39 is 0 Å². The molecule has 1 aromatic heterocycles. The lowest BCUT2D eigenvalue weighted by atomic mass is 10.1. The molecule has 0 spiro atoms. The van der Waals surface area contributed by atoms with Gasteiger partial charge in [0.15, 0.2) is 0 Å². The summed E-state index contributed by atoms with van der Waals surface area (Å²) in [7, 11) is 1.65. The summed E-state index contributed by atoms with van der Waals surface area (Å²) in [5.74, 6) is 1.25. The molecule has 21 heavy (non-hydrogen) atoms. The summed E-state index contributed by atoms with van der Waals surface area (Å²) in [4.78, 5) is 12.2. The van der Waals surface area contributed by atoms with Crippen molar-refractivity contribution in [2.75, 3.05) is 7.11 Å². The van der Waals surface area contributed by atoms with Crippen molar-refractivity contribution >= 4 is 12.6 Å². The smallest absolute Gasteiger partial charge is 0.270 e. The highest BCUT2D eigenvalue weighted by Gasteiger charge is 2.10. The average molecular weight is 304 g/mol. The minimum atomic E-state index is -0.0548. The van der Waals surface area contributed by atoms with Crippen molar-refractivity contribution in [3.63, 3.8) is 0 Å². The van der Waals surface area contributed by atoms with Crippen LogP contribution in [0.25, 0.3) is 11.3 Å². The first-order valence-electron chi connectivity index (χ1n) is 6.97. The molecule has 0 saturated carbocycles. The molecule has 0 unspecified atom stereocenters. The Kier molecular flexibility index (Phi) is 5.07. The summed E-state index contributed by atoms with van der Waals surface area (Å²) in [5.41, 5.74) is 3.42. The lowest BCUT2D eigenvalue weighted by Gasteiger charge is -2.11. The summed E-state index contributed by atoms with van der Waals surface area (Å²) in [5, 5.41) is 4.47. The summed E-state index contributed by atoms with van der Waals surface area (Å²) >= 11 is 4.25. The quantitative estimate of drug-likeness (QED) is 0.863. The van der Waals surface area contributed by atoms with Crippen molar-refractivity contribution in [1.29, 1.82) is 0 Å². The molecule has 1 aromatic carbocycles. The number of aryl methyl sites for hydroxylation is 2. The predicted molar refractivity (Wildman–Crippen MR) is 88.2 cm³/mol. The largest absolute Gasteiger partial charge is 0.496 e. The van der Waals surface area contributed by atoms with E-state index >= 15 is 0 Å². The molecule has 0 radical (unpaired) electrons. The Bertz CT molecular complexity index is 695. The first-order chi connectivity index (χ1) is 10.1. The van der Waals surface area contributed by atoms with E-state index in [0.717, 1.165) is 29.0 Å². The van der Waals surface area contributed by atoms with Crippen LogP contribution in [-0.2, 0) is 12.3 Å². The molecule has 0 aliphatic heterocycles. The number of hydrogen-bond donors (Lipinski definition) is 1. The molecule has 5 heteroatoms. The van der Waals surface area contributed by atoms with Gasteiger partial charge in [-0.3, -0.25) is 4.79 Å². The molecule has 112 valence electrons. The van der Waals surface area contributed by atoms with Crippen LogP contribution in [0.5, 0.6) is 5.75 Å². The highest BCUT2D eigenvalue weighted by Crippen LogP contribution is 2.24. The highest BCUT2D eigenvalue weighted by molar-refractivity contribution is 7.79. The molecule has 2 rings (SSSR count). The minimum Gasteiger partial charge on any atom is -0.496 e. The molecule has 4 nitrogen and oxygen atoms in total.